The van der Waals surface area contributed by atoms with E-state index in [4.69, 9.17) is 0 Å². The lowest BCUT2D eigenvalue weighted by molar-refractivity contribution is 0.524. The predicted octanol–water partition coefficient (Wildman–Crippen LogP) is 2.50. The van der Waals surface area contributed by atoms with E-state index in [1.54, 1.807) is 0 Å². The molecule has 1 aromatic rings. The van der Waals surface area contributed by atoms with Gasteiger partial charge in [0.25, 0.3) is 0 Å². The zero-order valence-electron chi connectivity index (χ0n) is 6.96. The van der Waals surface area contributed by atoms with Gasteiger partial charge >= 0.3 is 0 Å². The van der Waals surface area contributed by atoms with Crippen molar-refractivity contribution >= 4 is 27.5 Å². The highest BCUT2D eigenvalue weighted by Gasteiger charge is 2.50. The summed E-state index contributed by atoms with van der Waals surface area (Å²) in [5.74, 6) is 0.846. The van der Waals surface area contributed by atoms with Gasteiger partial charge in [0.05, 0.1) is 5.69 Å². The molecule has 2 atom stereocenters. The lowest BCUT2D eigenvalue weighted by Gasteiger charge is -2.09. The maximum Gasteiger partial charge on any atom is 0.0761 e. The second-order valence-corrected chi connectivity index (χ2v) is 4.84. The summed E-state index contributed by atoms with van der Waals surface area (Å²) in [5.41, 5.74) is 1.65. The van der Waals surface area contributed by atoms with Crippen molar-refractivity contribution in [3.63, 3.8) is 0 Å². The standard InChI is InChI=1S/C8H11BrN2S/c1-6-2-8(6,5-9)3-7-4-12-11-10-7/h4,6H,2-3,5H2,1H3. The van der Waals surface area contributed by atoms with Gasteiger partial charge in [-0.3, -0.25) is 0 Å². The Labute approximate surface area is 84.7 Å². The Morgan fingerprint density at radius 1 is 1.83 bits per heavy atom. The van der Waals surface area contributed by atoms with Crippen molar-refractivity contribution in [2.75, 3.05) is 5.33 Å². The topological polar surface area (TPSA) is 25.8 Å². The number of halogens is 1. The maximum atomic E-state index is 4.07. The number of alkyl halides is 1. The van der Waals surface area contributed by atoms with Crippen LogP contribution in [0.25, 0.3) is 0 Å². The van der Waals surface area contributed by atoms with E-state index in [2.05, 4.69) is 37.8 Å². The second-order valence-electron chi connectivity index (χ2n) is 3.67. The van der Waals surface area contributed by atoms with Gasteiger partial charge in [0, 0.05) is 10.7 Å². The van der Waals surface area contributed by atoms with Gasteiger partial charge in [-0.05, 0) is 35.7 Å². The van der Waals surface area contributed by atoms with Crippen molar-refractivity contribution in [1.29, 1.82) is 0 Å². The molecule has 1 aromatic heterocycles. The predicted molar refractivity (Wildman–Crippen MR) is 53.6 cm³/mol. The molecule has 0 aliphatic heterocycles. The Bertz CT molecular complexity index is 258. The van der Waals surface area contributed by atoms with Crippen LogP contribution < -0.4 is 0 Å². The molecular weight excluding hydrogens is 236 g/mol. The van der Waals surface area contributed by atoms with Crippen LogP contribution in [0.4, 0.5) is 0 Å². The van der Waals surface area contributed by atoms with Crippen LogP contribution in [0.5, 0.6) is 0 Å². The molecule has 0 N–H and O–H groups in total. The lowest BCUT2D eigenvalue weighted by Crippen LogP contribution is -2.09. The number of hydrogen-bond donors (Lipinski definition) is 0. The highest BCUT2D eigenvalue weighted by atomic mass is 79.9. The molecule has 12 heavy (non-hydrogen) atoms. The number of aromatic nitrogens is 2. The van der Waals surface area contributed by atoms with Crippen LogP contribution in [-0.4, -0.2) is 14.9 Å². The molecule has 1 saturated carbocycles. The Balaban J connectivity index is 2.04. The Morgan fingerprint density at radius 2 is 2.58 bits per heavy atom. The molecular formula is C8H11BrN2S. The fraction of sp³-hybridized carbons (Fsp3) is 0.750. The van der Waals surface area contributed by atoms with E-state index in [9.17, 15) is 0 Å². The van der Waals surface area contributed by atoms with Crippen LogP contribution in [0.1, 0.15) is 19.0 Å². The van der Waals surface area contributed by atoms with E-state index in [-0.39, 0.29) is 0 Å². The van der Waals surface area contributed by atoms with Gasteiger partial charge in [0.1, 0.15) is 0 Å². The third kappa shape index (κ3) is 1.42. The van der Waals surface area contributed by atoms with E-state index in [1.807, 2.05) is 0 Å². The van der Waals surface area contributed by atoms with E-state index in [0.717, 1.165) is 23.4 Å². The normalized spacial score (nSPS) is 33.7. The van der Waals surface area contributed by atoms with Crippen LogP contribution >= 0.6 is 27.5 Å². The smallest absolute Gasteiger partial charge is 0.0761 e. The van der Waals surface area contributed by atoms with Gasteiger partial charge in [-0.2, -0.15) is 0 Å². The first-order valence-electron chi connectivity index (χ1n) is 4.09. The second kappa shape index (κ2) is 3.07. The Kier molecular flexibility index (Phi) is 2.21. The van der Waals surface area contributed by atoms with Crippen LogP contribution in [0.3, 0.4) is 0 Å². The summed E-state index contributed by atoms with van der Waals surface area (Å²) in [5, 5.41) is 7.22. The van der Waals surface area contributed by atoms with Crippen molar-refractivity contribution in [3.05, 3.63) is 11.1 Å². The van der Waals surface area contributed by atoms with Gasteiger partial charge in [0.15, 0.2) is 0 Å². The summed E-state index contributed by atoms with van der Waals surface area (Å²) < 4.78 is 3.87. The summed E-state index contributed by atoms with van der Waals surface area (Å²) in [6, 6.07) is 0. The molecule has 1 aliphatic carbocycles. The first kappa shape index (κ1) is 8.63. The molecule has 0 aromatic carbocycles. The van der Waals surface area contributed by atoms with Gasteiger partial charge in [0.2, 0.25) is 0 Å². The molecule has 2 nitrogen and oxygen atoms in total. The summed E-state index contributed by atoms with van der Waals surface area (Å²) in [6.45, 7) is 2.31. The molecule has 1 heterocycles. The van der Waals surface area contributed by atoms with Crippen molar-refractivity contribution in [2.45, 2.75) is 19.8 Å². The fourth-order valence-corrected chi connectivity index (χ4v) is 3.08. The zero-order chi connectivity index (χ0) is 8.60. The molecule has 1 fully saturated rings. The lowest BCUT2D eigenvalue weighted by atomic mass is 10.0. The minimum Gasteiger partial charge on any atom is -0.143 e. The first-order valence-corrected chi connectivity index (χ1v) is 6.04. The molecule has 4 heteroatoms. The van der Waals surface area contributed by atoms with Crippen molar-refractivity contribution < 1.29 is 0 Å². The summed E-state index contributed by atoms with van der Waals surface area (Å²) in [6.07, 6.45) is 2.42. The molecule has 0 amide bonds. The van der Waals surface area contributed by atoms with Crippen molar-refractivity contribution in [1.82, 2.24) is 9.59 Å². The zero-order valence-corrected chi connectivity index (χ0v) is 9.36. The molecule has 0 spiro atoms. The largest absolute Gasteiger partial charge is 0.143 e. The van der Waals surface area contributed by atoms with E-state index >= 15 is 0 Å². The van der Waals surface area contributed by atoms with Crippen LogP contribution in [-0.2, 0) is 6.42 Å². The van der Waals surface area contributed by atoms with Crippen LogP contribution in [0, 0.1) is 11.3 Å². The summed E-state index contributed by atoms with van der Waals surface area (Å²) >= 11 is 5.02. The minimum atomic E-state index is 0.496. The average Bonchev–Trinajstić information content (AvgIpc) is 2.51. The Hall–Kier alpha value is 0.0400. The third-order valence-electron chi connectivity index (χ3n) is 2.80. The average molecular weight is 247 g/mol. The number of rotatable bonds is 3. The van der Waals surface area contributed by atoms with Crippen LogP contribution in [0.2, 0.25) is 0 Å². The molecule has 2 rings (SSSR count). The van der Waals surface area contributed by atoms with Gasteiger partial charge in [-0.15, -0.1) is 5.10 Å². The highest BCUT2D eigenvalue weighted by molar-refractivity contribution is 9.09. The van der Waals surface area contributed by atoms with Crippen LogP contribution in [0.15, 0.2) is 5.38 Å². The van der Waals surface area contributed by atoms with Crippen molar-refractivity contribution in [2.24, 2.45) is 11.3 Å². The molecule has 66 valence electrons. The molecule has 0 saturated heterocycles. The molecule has 2 unspecified atom stereocenters. The minimum absolute atomic E-state index is 0.496. The van der Waals surface area contributed by atoms with Gasteiger partial charge in [-0.25, -0.2) is 0 Å². The highest BCUT2D eigenvalue weighted by Crippen LogP contribution is 2.55. The summed E-state index contributed by atoms with van der Waals surface area (Å²) in [7, 11) is 0. The van der Waals surface area contributed by atoms with E-state index < -0.39 is 0 Å². The van der Waals surface area contributed by atoms with E-state index in [1.165, 1.54) is 18.0 Å². The summed E-state index contributed by atoms with van der Waals surface area (Å²) in [4.78, 5) is 0. The molecule has 0 bridgehead atoms. The maximum absolute atomic E-state index is 4.07. The first-order chi connectivity index (χ1) is 5.77. The van der Waals surface area contributed by atoms with E-state index in [0.29, 0.717) is 5.41 Å². The Morgan fingerprint density at radius 3 is 3.00 bits per heavy atom. The molecule has 1 aliphatic rings. The number of nitrogens with zero attached hydrogens (tertiary/aromatic N) is 2. The third-order valence-corrected chi connectivity index (χ3v) is 4.47. The van der Waals surface area contributed by atoms with Gasteiger partial charge in [-0.1, -0.05) is 27.3 Å². The monoisotopic (exact) mass is 246 g/mol. The van der Waals surface area contributed by atoms with Crippen molar-refractivity contribution in [3.8, 4) is 0 Å². The van der Waals surface area contributed by atoms with Gasteiger partial charge < -0.3 is 0 Å². The fourth-order valence-electron chi connectivity index (χ4n) is 1.65. The number of hydrogen-bond acceptors (Lipinski definition) is 3. The molecule has 0 radical (unpaired) electrons. The quantitative estimate of drug-likeness (QED) is 0.767. The SMILES string of the molecule is CC1CC1(CBr)Cc1csnn1.